The van der Waals surface area contributed by atoms with Gasteiger partial charge in [0.05, 0.1) is 6.54 Å². The Hall–Kier alpha value is -2.04. The molecule has 1 nitrogen and oxygen atoms in total. The molecule has 1 heteroatoms. The summed E-state index contributed by atoms with van der Waals surface area (Å²) in [5, 5.41) is 0. The molecule has 0 saturated carbocycles. The molecule has 0 saturated heterocycles. The molecule has 0 bridgehead atoms. The summed E-state index contributed by atoms with van der Waals surface area (Å²) >= 11 is 0. The number of hydrogen-bond acceptors (Lipinski definition) is 1. The molecule has 0 fully saturated rings. The SMILES string of the molecule is CCN(CC)CC#CC[C@@H](c1ccccc1)c1cc(C)ccc1C. The van der Waals surface area contributed by atoms with Crippen molar-refractivity contribution in [3.8, 4) is 11.8 Å². The number of aryl methyl sites for hydroxylation is 2. The van der Waals surface area contributed by atoms with Crippen LogP contribution in [0.2, 0.25) is 0 Å². The summed E-state index contributed by atoms with van der Waals surface area (Å²) in [4.78, 5) is 2.35. The lowest BCUT2D eigenvalue weighted by atomic mass is 9.85. The lowest BCUT2D eigenvalue weighted by Crippen LogP contribution is -2.22. The van der Waals surface area contributed by atoms with E-state index in [1.54, 1.807) is 0 Å². The molecule has 1 atom stereocenters. The zero-order chi connectivity index (χ0) is 17.4. The van der Waals surface area contributed by atoms with Crippen LogP contribution in [0, 0.1) is 25.7 Å². The van der Waals surface area contributed by atoms with Gasteiger partial charge < -0.3 is 0 Å². The minimum Gasteiger partial charge on any atom is -0.293 e. The summed E-state index contributed by atoms with van der Waals surface area (Å²) in [5.41, 5.74) is 5.41. The monoisotopic (exact) mass is 319 g/mol. The maximum absolute atomic E-state index is 3.44. The third kappa shape index (κ3) is 4.98. The lowest BCUT2D eigenvalue weighted by Gasteiger charge is -2.19. The first-order chi connectivity index (χ1) is 11.7. The Morgan fingerprint density at radius 2 is 1.62 bits per heavy atom. The highest BCUT2D eigenvalue weighted by Gasteiger charge is 2.15. The van der Waals surface area contributed by atoms with E-state index >= 15 is 0 Å². The van der Waals surface area contributed by atoms with Crippen LogP contribution in [-0.2, 0) is 0 Å². The largest absolute Gasteiger partial charge is 0.293 e. The third-order valence-electron chi connectivity index (χ3n) is 4.64. The van der Waals surface area contributed by atoms with Gasteiger partial charge in [0.15, 0.2) is 0 Å². The molecule has 0 aromatic heterocycles. The Balaban J connectivity index is 2.25. The Kier molecular flexibility index (Phi) is 7.09. The van der Waals surface area contributed by atoms with Gasteiger partial charge in [0, 0.05) is 12.3 Å². The summed E-state index contributed by atoms with van der Waals surface area (Å²) in [5.74, 6) is 7.15. The standard InChI is InChI=1S/C23H29N/c1-5-24(6-2)17-11-10-14-22(21-12-8-7-9-13-21)23-18-19(3)15-16-20(23)4/h7-9,12-13,15-16,18,22H,5-6,14,17H2,1-4H3/t22-/m0/s1. The van der Waals surface area contributed by atoms with E-state index in [2.05, 4.69) is 93.0 Å². The van der Waals surface area contributed by atoms with Gasteiger partial charge in [-0.2, -0.15) is 0 Å². The van der Waals surface area contributed by atoms with E-state index in [1.165, 1.54) is 22.3 Å². The molecule has 24 heavy (non-hydrogen) atoms. The van der Waals surface area contributed by atoms with Crippen LogP contribution >= 0.6 is 0 Å². The molecular weight excluding hydrogens is 290 g/mol. The predicted molar refractivity (Wildman–Crippen MR) is 104 cm³/mol. The van der Waals surface area contributed by atoms with Gasteiger partial charge in [0.2, 0.25) is 0 Å². The summed E-state index contributed by atoms with van der Waals surface area (Å²) in [6.07, 6.45) is 0.871. The Morgan fingerprint density at radius 3 is 2.29 bits per heavy atom. The van der Waals surface area contributed by atoms with Crippen LogP contribution in [0.5, 0.6) is 0 Å². The van der Waals surface area contributed by atoms with Crippen molar-refractivity contribution in [1.29, 1.82) is 0 Å². The molecule has 0 N–H and O–H groups in total. The molecule has 0 amide bonds. The fraction of sp³-hybridized carbons (Fsp3) is 0.391. The van der Waals surface area contributed by atoms with E-state index in [4.69, 9.17) is 0 Å². The predicted octanol–water partition coefficient (Wildman–Crippen LogP) is 5.17. The molecule has 0 radical (unpaired) electrons. The lowest BCUT2D eigenvalue weighted by molar-refractivity contribution is 0.342. The van der Waals surface area contributed by atoms with Gasteiger partial charge in [0.1, 0.15) is 0 Å². The average Bonchev–Trinajstić information content (AvgIpc) is 2.61. The highest BCUT2D eigenvalue weighted by Crippen LogP contribution is 2.30. The van der Waals surface area contributed by atoms with Gasteiger partial charge in [-0.15, -0.1) is 5.92 Å². The maximum Gasteiger partial charge on any atom is 0.0601 e. The van der Waals surface area contributed by atoms with Gasteiger partial charge in [-0.05, 0) is 43.6 Å². The molecule has 0 aliphatic heterocycles. The summed E-state index contributed by atoms with van der Waals surface area (Å²) in [6, 6.07) is 17.5. The zero-order valence-corrected chi connectivity index (χ0v) is 15.5. The summed E-state index contributed by atoms with van der Waals surface area (Å²) in [6.45, 7) is 11.7. The van der Waals surface area contributed by atoms with Gasteiger partial charge >= 0.3 is 0 Å². The molecule has 2 aromatic rings. The van der Waals surface area contributed by atoms with E-state index in [9.17, 15) is 0 Å². The van der Waals surface area contributed by atoms with E-state index in [-0.39, 0.29) is 0 Å². The summed E-state index contributed by atoms with van der Waals surface area (Å²) < 4.78 is 0. The fourth-order valence-corrected chi connectivity index (χ4v) is 3.02. The molecule has 0 aliphatic carbocycles. The van der Waals surface area contributed by atoms with Crippen LogP contribution in [0.4, 0.5) is 0 Å². The normalized spacial score (nSPS) is 11.9. The summed E-state index contributed by atoms with van der Waals surface area (Å²) in [7, 11) is 0. The van der Waals surface area contributed by atoms with Crippen molar-refractivity contribution < 1.29 is 0 Å². The van der Waals surface area contributed by atoms with Crippen LogP contribution < -0.4 is 0 Å². The second-order valence-corrected chi connectivity index (χ2v) is 6.34. The molecule has 2 rings (SSSR count). The maximum atomic E-state index is 3.44. The second kappa shape index (κ2) is 9.30. The van der Waals surface area contributed by atoms with Crippen molar-refractivity contribution in [3.63, 3.8) is 0 Å². The number of benzene rings is 2. The first-order valence-corrected chi connectivity index (χ1v) is 8.95. The van der Waals surface area contributed by atoms with E-state index in [0.717, 1.165) is 26.1 Å². The smallest absolute Gasteiger partial charge is 0.0601 e. The van der Waals surface area contributed by atoms with Crippen LogP contribution in [0.1, 0.15) is 48.4 Å². The molecule has 2 aromatic carbocycles. The van der Waals surface area contributed by atoms with Crippen molar-refractivity contribution in [2.75, 3.05) is 19.6 Å². The Morgan fingerprint density at radius 1 is 0.917 bits per heavy atom. The molecule has 0 spiro atoms. The third-order valence-corrected chi connectivity index (χ3v) is 4.64. The van der Waals surface area contributed by atoms with Gasteiger partial charge in [-0.25, -0.2) is 0 Å². The van der Waals surface area contributed by atoms with Crippen molar-refractivity contribution >= 4 is 0 Å². The van der Waals surface area contributed by atoms with Crippen molar-refractivity contribution in [2.45, 2.75) is 40.0 Å². The number of nitrogens with zero attached hydrogens (tertiary/aromatic N) is 1. The van der Waals surface area contributed by atoms with Crippen molar-refractivity contribution in [1.82, 2.24) is 4.90 Å². The highest BCUT2D eigenvalue weighted by atomic mass is 15.1. The quantitative estimate of drug-likeness (QED) is 0.664. The van der Waals surface area contributed by atoms with Gasteiger partial charge in [-0.3, -0.25) is 4.90 Å². The number of rotatable bonds is 6. The first-order valence-electron chi connectivity index (χ1n) is 8.95. The molecule has 0 heterocycles. The molecular formula is C23H29N. The molecule has 0 aliphatic rings. The fourth-order valence-electron chi connectivity index (χ4n) is 3.02. The van der Waals surface area contributed by atoms with Crippen LogP contribution in [0.15, 0.2) is 48.5 Å². The molecule has 126 valence electrons. The van der Waals surface area contributed by atoms with Gasteiger partial charge in [-0.1, -0.05) is 73.9 Å². The molecule has 0 unspecified atom stereocenters. The number of hydrogen-bond donors (Lipinski definition) is 0. The van der Waals surface area contributed by atoms with Gasteiger partial charge in [0.25, 0.3) is 0 Å². The first kappa shape index (κ1) is 18.3. The van der Waals surface area contributed by atoms with Crippen LogP contribution in [-0.4, -0.2) is 24.5 Å². The minimum absolute atomic E-state index is 0.343. The van der Waals surface area contributed by atoms with E-state index in [0.29, 0.717) is 5.92 Å². The Labute approximate surface area is 147 Å². The van der Waals surface area contributed by atoms with Crippen molar-refractivity contribution in [3.05, 3.63) is 70.8 Å². The van der Waals surface area contributed by atoms with Crippen molar-refractivity contribution in [2.24, 2.45) is 0 Å². The van der Waals surface area contributed by atoms with E-state index < -0.39 is 0 Å². The van der Waals surface area contributed by atoms with Crippen LogP contribution in [0.3, 0.4) is 0 Å². The van der Waals surface area contributed by atoms with E-state index in [1.807, 2.05) is 0 Å². The average molecular weight is 319 g/mol. The van der Waals surface area contributed by atoms with Crippen LogP contribution in [0.25, 0.3) is 0 Å². The highest BCUT2D eigenvalue weighted by molar-refractivity contribution is 5.40. The minimum atomic E-state index is 0.343. The zero-order valence-electron chi connectivity index (χ0n) is 15.5. The Bertz CT molecular complexity index is 687. The second-order valence-electron chi connectivity index (χ2n) is 6.34. The topological polar surface area (TPSA) is 3.24 Å².